The quantitative estimate of drug-likeness (QED) is 0.772. The van der Waals surface area contributed by atoms with Crippen molar-refractivity contribution in [3.8, 4) is 0 Å². The van der Waals surface area contributed by atoms with Crippen molar-refractivity contribution in [2.75, 3.05) is 11.5 Å². The van der Waals surface area contributed by atoms with Crippen LogP contribution in [0.2, 0.25) is 0 Å². The maximum atomic E-state index is 12.3. The van der Waals surface area contributed by atoms with Gasteiger partial charge in [-0.15, -0.1) is 23.5 Å². The van der Waals surface area contributed by atoms with Gasteiger partial charge in [-0.2, -0.15) is 0 Å². The predicted octanol–water partition coefficient (Wildman–Crippen LogP) is 4.13. The van der Waals surface area contributed by atoms with Crippen LogP contribution in [-0.4, -0.2) is 28.1 Å². The molecule has 0 spiro atoms. The number of thioether (sulfide) groups is 2. The van der Waals surface area contributed by atoms with Gasteiger partial charge in [0.1, 0.15) is 0 Å². The molecule has 0 bridgehead atoms. The highest BCUT2D eigenvalue weighted by Crippen LogP contribution is 2.37. The number of rotatable bonds is 5. The van der Waals surface area contributed by atoms with E-state index in [1.54, 1.807) is 36.3 Å². The van der Waals surface area contributed by atoms with Crippen molar-refractivity contribution in [2.45, 2.75) is 22.6 Å². The summed E-state index contributed by atoms with van der Waals surface area (Å²) in [7, 11) is 0. The molecule has 5 heteroatoms. The Morgan fingerprint density at radius 2 is 1.68 bits per heavy atom. The van der Waals surface area contributed by atoms with Gasteiger partial charge in [0.15, 0.2) is 11.6 Å². The maximum absolute atomic E-state index is 12.3. The maximum Gasteiger partial charge on any atom is 0.164 e. The van der Waals surface area contributed by atoms with Crippen molar-refractivity contribution in [3.05, 3.63) is 53.9 Å². The van der Waals surface area contributed by atoms with E-state index in [1.165, 1.54) is 9.79 Å². The van der Waals surface area contributed by atoms with Crippen molar-refractivity contribution >= 4 is 35.1 Å². The summed E-state index contributed by atoms with van der Waals surface area (Å²) < 4.78 is 0. The summed E-state index contributed by atoms with van der Waals surface area (Å²) in [5.74, 6) is 2.18. The Labute approximate surface area is 137 Å². The minimum atomic E-state index is -0.0376. The van der Waals surface area contributed by atoms with Gasteiger partial charge in [0.25, 0.3) is 0 Å². The molecule has 0 saturated carbocycles. The molecule has 0 N–H and O–H groups in total. The highest BCUT2D eigenvalue weighted by Gasteiger charge is 2.15. The van der Waals surface area contributed by atoms with Crippen molar-refractivity contribution < 1.29 is 9.59 Å². The molecule has 0 unspecified atom stereocenters. The van der Waals surface area contributed by atoms with Gasteiger partial charge in [0.05, 0.1) is 0 Å². The summed E-state index contributed by atoms with van der Waals surface area (Å²) in [4.78, 5) is 30.7. The number of carbonyl (C=O) groups is 2. The first-order valence-corrected chi connectivity index (χ1v) is 9.07. The van der Waals surface area contributed by atoms with Gasteiger partial charge in [-0.05, 0) is 24.3 Å². The molecular weight excluding hydrogens is 314 g/mol. The topological polar surface area (TPSA) is 47.0 Å². The molecule has 2 heterocycles. The number of aromatic nitrogens is 1. The third-order valence-corrected chi connectivity index (χ3v) is 5.95. The lowest BCUT2D eigenvalue weighted by Gasteiger charge is -2.15. The molecule has 22 heavy (non-hydrogen) atoms. The Morgan fingerprint density at radius 3 is 2.41 bits per heavy atom. The summed E-state index contributed by atoms with van der Waals surface area (Å²) in [6.45, 7) is 0. The Hall–Kier alpha value is -1.59. The van der Waals surface area contributed by atoms with Crippen LogP contribution in [-0.2, 0) is 0 Å². The first-order chi connectivity index (χ1) is 10.7. The summed E-state index contributed by atoms with van der Waals surface area (Å²) in [5.41, 5.74) is 1.26. The predicted molar refractivity (Wildman–Crippen MR) is 90.0 cm³/mol. The number of Topliss-reactive ketones (excluding diaryl/α,β-unsaturated/α-hetero) is 2. The smallest absolute Gasteiger partial charge is 0.164 e. The Morgan fingerprint density at radius 1 is 0.955 bits per heavy atom. The zero-order valence-corrected chi connectivity index (χ0v) is 13.6. The van der Waals surface area contributed by atoms with E-state index in [4.69, 9.17) is 0 Å². The molecule has 2 aromatic rings. The third kappa shape index (κ3) is 3.59. The van der Waals surface area contributed by atoms with Crippen LogP contribution < -0.4 is 0 Å². The number of benzene rings is 1. The molecule has 0 saturated heterocycles. The van der Waals surface area contributed by atoms with Crippen LogP contribution in [0.4, 0.5) is 0 Å². The molecule has 0 fully saturated rings. The average molecular weight is 329 g/mol. The van der Waals surface area contributed by atoms with Crippen LogP contribution in [0.15, 0.2) is 52.5 Å². The van der Waals surface area contributed by atoms with Crippen LogP contribution in [0.5, 0.6) is 0 Å². The van der Waals surface area contributed by atoms with Gasteiger partial charge in [-0.1, -0.05) is 6.07 Å². The molecule has 1 aliphatic heterocycles. The standard InChI is InChI=1S/C17H15NO2S2/c19-14(4-5-15(20)13-2-1-7-18-11-13)12-3-6-16-17(10-12)22-9-8-21-16/h1-3,6-7,10-11H,4-5,8-9H2. The van der Waals surface area contributed by atoms with Crippen LogP contribution >= 0.6 is 23.5 Å². The number of nitrogens with zero attached hydrogens (tertiary/aromatic N) is 1. The summed E-state index contributed by atoms with van der Waals surface area (Å²) in [5, 5.41) is 0. The zero-order chi connectivity index (χ0) is 15.4. The summed E-state index contributed by atoms with van der Waals surface area (Å²) in [6, 6.07) is 9.31. The first-order valence-electron chi connectivity index (χ1n) is 7.10. The molecule has 112 valence electrons. The minimum Gasteiger partial charge on any atom is -0.294 e. The van der Waals surface area contributed by atoms with Gasteiger partial charge < -0.3 is 0 Å². The first kappa shape index (κ1) is 15.3. The lowest BCUT2D eigenvalue weighted by molar-refractivity contribution is 0.0917. The fourth-order valence-electron chi connectivity index (χ4n) is 2.26. The number of hydrogen-bond donors (Lipinski definition) is 0. The molecule has 3 rings (SSSR count). The monoisotopic (exact) mass is 329 g/mol. The highest BCUT2D eigenvalue weighted by molar-refractivity contribution is 8.05. The molecule has 1 aromatic heterocycles. The van der Waals surface area contributed by atoms with Gasteiger partial charge in [0, 0.05) is 57.7 Å². The SMILES string of the molecule is O=C(CCC(=O)c1ccc2c(c1)SCCS2)c1cccnc1. The Kier molecular flexibility index (Phi) is 4.95. The van der Waals surface area contributed by atoms with Crippen LogP contribution in [0.1, 0.15) is 33.6 Å². The van der Waals surface area contributed by atoms with Crippen LogP contribution in [0, 0.1) is 0 Å². The van der Waals surface area contributed by atoms with Gasteiger partial charge in [-0.25, -0.2) is 0 Å². The Bertz CT molecular complexity index is 701. The van der Waals surface area contributed by atoms with E-state index >= 15 is 0 Å². The van der Waals surface area contributed by atoms with Gasteiger partial charge in [0.2, 0.25) is 0 Å². The van der Waals surface area contributed by atoms with E-state index < -0.39 is 0 Å². The van der Waals surface area contributed by atoms with Crippen molar-refractivity contribution in [3.63, 3.8) is 0 Å². The third-order valence-electron chi connectivity index (χ3n) is 3.43. The molecule has 0 aliphatic carbocycles. The van der Waals surface area contributed by atoms with Crippen molar-refractivity contribution in [2.24, 2.45) is 0 Å². The average Bonchev–Trinajstić information content (AvgIpc) is 2.59. The molecule has 1 aliphatic rings. The zero-order valence-electron chi connectivity index (χ0n) is 12.0. The molecule has 0 radical (unpaired) electrons. The number of ketones is 2. The van der Waals surface area contributed by atoms with E-state index in [2.05, 4.69) is 4.98 Å². The molecule has 1 aromatic carbocycles. The number of carbonyl (C=O) groups excluding carboxylic acids is 2. The summed E-state index contributed by atoms with van der Waals surface area (Å²) >= 11 is 3.62. The van der Waals surface area contributed by atoms with Crippen molar-refractivity contribution in [1.29, 1.82) is 0 Å². The van der Waals surface area contributed by atoms with E-state index in [9.17, 15) is 9.59 Å². The largest absolute Gasteiger partial charge is 0.294 e. The van der Waals surface area contributed by atoms with Crippen molar-refractivity contribution in [1.82, 2.24) is 4.98 Å². The lowest BCUT2D eigenvalue weighted by atomic mass is 10.0. The molecule has 3 nitrogen and oxygen atoms in total. The van der Waals surface area contributed by atoms with E-state index in [1.807, 2.05) is 30.0 Å². The van der Waals surface area contributed by atoms with Crippen LogP contribution in [0.25, 0.3) is 0 Å². The second-order valence-corrected chi connectivity index (χ2v) is 7.22. The number of pyridine rings is 1. The molecule has 0 amide bonds. The summed E-state index contributed by atoms with van der Waals surface area (Å²) in [6.07, 6.45) is 3.64. The van der Waals surface area contributed by atoms with E-state index in [-0.39, 0.29) is 24.4 Å². The minimum absolute atomic E-state index is 0.0243. The molecular formula is C17H15NO2S2. The van der Waals surface area contributed by atoms with E-state index in [0.717, 1.165) is 11.5 Å². The van der Waals surface area contributed by atoms with Gasteiger partial charge in [-0.3, -0.25) is 14.6 Å². The molecule has 0 atom stereocenters. The fraction of sp³-hybridized carbons (Fsp3) is 0.235. The lowest BCUT2D eigenvalue weighted by Crippen LogP contribution is -2.06. The van der Waals surface area contributed by atoms with Crippen LogP contribution in [0.3, 0.4) is 0 Å². The number of hydrogen-bond acceptors (Lipinski definition) is 5. The second kappa shape index (κ2) is 7.11. The van der Waals surface area contributed by atoms with Gasteiger partial charge >= 0.3 is 0 Å². The normalized spacial score (nSPS) is 13.5. The van der Waals surface area contributed by atoms with E-state index in [0.29, 0.717) is 11.1 Å². The number of fused-ring (bicyclic) bond motifs is 1. The fourth-order valence-corrected chi connectivity index (χ4v) is 4.51. The highest BCUT2D eigenvalue weighted by atomic mass is 32.2. The Balaban J connectivity index is 1.64. The second-order valence-electron chi connectivity index (χ2n) is 4.95.